The lowest BCUT2D eigenvalue weighted by Gasteiger charge is -2.40. The summed E-state index contributed by atoms with van der Waals surface area (Å²) in [5, 5.41) is 9.50. The summed E-state index contributed by atoms with van der Waals surface area (Å²) in [6, 6.07) is 7.24. The molecular formula is C15H21NO4. The minimum absolute atomic E-state index is 0.180. The first-order valence-electron chi connectivity index (χ1n) is 6.63. The third kappa shape index (κ3) is 3.04. The Kier molecular flexibility index (Phi) is 3.65. The average Bonchev–Trinajstić information content (AvgIpc) is 2.35. The zero-order chi connectivity index (χ0) is 15.0. The van der Waals surface area contributed by atoms with Crippen molar-refractivity contribution in [1.29, 1.82) is 0 Å². The average molecular weight is 279 g/mol. The monoisotopic (exact) mass is 279 g/mol. The van der Waals surface area contributed by atoms with Crippen molar-refractivity contribution in [3.05, 3.63) is 24.3 Å². The van der Waals surface area contributed by atoms with Crippen LogP contribution in [-0.4, -0.2) is 35.6 Å². The predicted octanol–water partition coefficient (Wildman–Crippen LogP) is 2.57. The second-order valence-electron chi connectivity index (χ2n) is 6.24. The number of aliphatic hydroxyl groups excluding tert-OH is 1. The SMILES string of the molecule is CC(C)(C)OC(=O)N1CC(C)(CO)Oc2ccccc21. The van der Waals surface area contributed by atoms with Gasteiger partial charge in [-0.3, -0.25) is 4.90 Å². The fourth-order valence-electron chi connectivity index (χ4n) is 2.05. The number of carbonyl (C=O) groups is 1. The molecule has 1 aliphatic heterocycles. The van der Waals surface area contributed by atoms with Crippen LogP contribution < -0.4 is 9.64 Å². The zero-order valence-electron chi connectivity index (χ0n) is 12.3. The Balaban J connectivity index is 2.34. The maximum absolute atomic E-state index is 12.3. The van der Waals surface area contributed by atoms with Crippen LogP contribution in [0, 0.1) is 0 Å². The number of amides is 1. The van der Waals surface area contributed by atoms with Crippen molar-refractivity contribution in [3.63, 3.8) is 0 Å². The van der Waals surface area contributed by atoms with Crippen molar-refractivity contribution in [2.45, 2.75) is 38.9 Å². The fraction of sp³-hybridized carbons (Fsp3) is 0.533. The Bertz CT molecular complexity index is 509. The topological polar surface area (TPSA) is 59.0 Å². The normalized spacial score (nSPS) is 21.9. The number of para-hydroxylation sites is 2. The molecule has 2 rings (SSSR count). The Labute approximate surface area is 119 Å². The summed E-state index contributed by atoms with van der Waals surface area (Å²) in [5.74, 6) is 0.571. The second-order valence-corrected chi connectivity index (χ2v) is 6.24. The second kappa shape index (κ2) is 4.98. The summed E-state index contributed by atoms with van der Waals surface area (Å²) < 4.78 is 11.2. The molecule has 0 radical (unpaired) electrons. The van der Waals surface area contributed by atoms with E-state index in [-0.39, 0.29) is 13.2 Å². The molecule has 0 saturated carbocycles. The van der Waals surface area contributed by atoms with Gasteiger partial charge in [-0.05, 0) is 39.8 Å². The van der Waals surface area contributed by atoms with Crippen LogP contribution in [0.2, 0.25) is 0 Å². The molecule has 20 heavy (non-hydrogen) atoms. The third-order valence-corrected chi connectivity index (χ3v) is 2.95. The maximum Gasteiger partial charge on any atom is 0.415 e. The van der Waals surface area contributed by atoms with E-state index in [1.165, 1.54) is 4.90 Å². The van der Waals surface area contributed by atoms with E-state index < -0.39 is 17.3 Å². The quantitative estimate of drug-likeness (QED) is 0.858. The molecule has 1 amide bonds. The molecule has 1 aromatic rings. The summed E-state index contributed by atoms with van der Waals surface area (Å²) >= 11 is 0. The van der Waals surface area contributed by atoms with Gasteiger partial charge in [-0.25, -0.2) is 4.79 Å². The Morgan fingerprint density at radius 3 is 2.70 bits per heavy atom. The number of anilines is 1. The van der Waals surface area contributed by atoms with Crippen LogP contribution in [0.5, 0.6) is 5.75 Å². The van der Waals surface area contributed by atoms with Gasteiger partial charge in [0.15, 0.2) is 0 Å². The largest absolute Gasteiger partial charge is 0.481 e. The summed E-state index contributed by atoms with van der Waals surface area (Å²) in [6.07, 6.45) is -0.437. The highest BCUT2D eigenvalue weighted by atomic mass is 16.6. The maximum atomic E-state index is 12.3. The number of rotatable bonds is 1. The molecule has 1 N–H and O–H groups in total. The molecule has 5 heteroatoms. The standard InChI is InChI=1S/C15H21NO4/c1-14(2,3)20-13(18)16-9-15(4,10-17)19-12-8-6-5-7-11(12)16/h5-8,17H,9-10H2,1-4H3. The van der Waals surface area contributed by atoms with E-state index in [2.05, 4.69) is 0 Å². The third-order valence-electron chi connectivity index (χ3n) is 2.95. The summed E-state index contributed by atoms with van der Waals surface area (Å²) in [4.78, 5) is 13.9. The molecule has 0 aliphatic carbocycles. The van der Waals surface area contributed by atoms with Gasteiger partial charge in [-0.1, -0.05) is 12.1 Å². The number of hydrogen-bond acceptors (Lipinski definition) is 4. The van der Waals surface area contributed by atoms with Crippen LogP contribution in [-0.2, 0) is 4.74 Å². The highest BCUT2D eigenvalue weighted by Crippen LogP contribution is 2.37. The first kappa shape index (κ1) is 14.7. The van der Waals surface area contributed by atoms with Gasteiger partial charge in [0.2, 0.25) is 0 Å². The minimum atomic E-state index is -0.828. The molecule has 0 bridgehead atoms. The van der Waals surface area contributed by atoms with Gasteiger partial charge in [-0.2, -0.15) is 0 Å². The number of nitrogens with zero attached hydrogens (tertiary/aromatic N) is 1. The molecule has 1 aromatic carbocycles. The lowest BCUT2D eigenvalue weighted by molar-refractivity contribution is 0.0159. The Hall–Kier alpha value is -1.75. The van der Waals surface area contributed by atoms with Crippen molar-refractivity contribution in [3.8, 4) is 5.75 Å². The first-order chi connectivity index (χ1) is 9.24. The summed E-state index contributed by atoms with van der Waals surface area (Å²) in [5.41, 5.74) is -0.738. The van der Waals surface area contributed by atoms with Crippen molar-refractivity contribution in [2.75, 3.05) is 18.1 Å². The molecule has 0 spiro atoms. The molecule has 5 nitrogen and oxygen atoms in total. The van der Waals surface area contributed by atoms with E-state index in [1.54, 1.807) is 19.1 Å². The van der Waals surface area contributed by atoms with Gasteiger partial charge in [0.1, 0.15) is 17.0 Å². The van der Waals surface area contributed by atoms with Gasteiger partial charge in [0, 0.05) is 0 Å². The molecule has 1 heterocycles. The van der Waals surface area contributed by atoms with Gasteiger partial charge >= 0.3 is 6.09 Å². The lowest BCUT2D eigenvalue weighted by atomic mass is 10.0. The van der Waals surface area contributed by atoms with E-state index in [0.29, 0.717) is 11.4 Å². The van der Waals surface area contributed by atoms with Crippen molar-refractivity contribution >= 4 is 11.8 Å². The van der Waals surface area contributed by atoms with Gasteiger partial charge in [-0.15, -0.1) is 0 Å². The smallest absolute Gasteiger partial charge is 0.415 e. The van der Waals surface area contributed by atoms with Gasteiger partial charge in [0.05, 0.1) is 18.8 Å². The highest BCUT2D eigenvalue weighted by Gasteiger charge is 2.39. The molecule has 1 unspecified atom stereocenters. The van der Waals surface area contributed by atoms with E-state index in [9.17, 15) is 9.90 Å². The molecule has 1 aliphatic rings. The molecule has 110 valence electrons. The van der Waals surface area contributed by atoms with Crippen LogP contribution in [0.1, 0.15) is 27.7 Å². The van der Waals surface area contributed by atoms with Crippen molar-refractivity contribution in [2.24, 2.45) is 0 Å². The summed E-state index contributed by atoms with van der Waals surface area (Å²) in [7, 11) is 0. The lowest BCUT2D eigenvalue weighted by Crippen LogP contribution is -2.54. The number of benzene rings is 1. The van der Waals surface area contributed by atoms with E-state index in [1.807, 2.05) is 32.9 Å². The molecule has 0 saturated heterocycles. The van der Waals surface area contributed by atoms with Crippen LogP contribution in [0.4, 0.5) is 10.5 Å². The predicted molar refractivity (Wildman–Crippen MR) is 76.1 cm³/mol. The number of hydrogen-bond donors (Lipinski definition) is 1. The van der Waals surface area contributed by atoms with Gasteiger partial charge < -0.3 is 14.6 Å². The number of ether oxygens (including phenoxy) is 2. The highest BCUT2D eigenvalue weighted by molar-refractivity contribution is 5.90. The molecular weight excluding hydrogens is 258 g/mol. The summed E-state index contributed by atoms with van der Waals surface area (Å²) in [6.45, 7) is 7.30. The van der Waals surface area contributed by atoms with Gasteiger partial charge in [0.25, 0.3) is 0 Å². The van der Waals surface area contributed by atoms with Crippen molar-refractivity contribution < 1.29 is 19.4 Å². The van der Waals surface area contributed by atoms with E-state index >= 15 is 0 Å². The Morgan fingerprint density at radius 2 is 2.10 bits per heavy atom. The first-order valence-corrected chi connectivity index (χ1v) is 6.63. The van der Waals surface area contributed by atoms with Crippen molar-refractivity contribution in [1.82, 2.24) is 0 Å². The molecule has 1 atom stereocenters. The Morgan fingerprint density at radius 1 is 1.45 bits per heavy atom. The van der Waals surface area contributed by atoms with Crippen LogP contribution >= 0.6 is 0 Å². The van der Waals surface area contributed by atoms with Crippen LogP contribution in [0.15, 0.2) is 24.3 Å². The number of fused-ring (bicyclic) bond motifs is 1. The molecule has 0 aromatic heterocycles. The number of aliphatic hydroxyl groups is 1. The van der Waals surface area contributed by atoms with Crippen LogP contribution in [0.3, 0.4) is 0 Å². The van der Waals surface area contributed by atoms with Crippen LogP contribution in [0.25, 0.3) is 0 Å². The minimum Gasteiger partial charge on any atom is -0.481 e. The zero-order valence-corrected chi connectivity index (χ0v) is 12.3. The molecule has 0 fully saturated rings. The fourth-order valence-corrected chi connectivity index (χ4v) is 2.05. The van der Waals surface area contributed by atoms with E-state index in [4.69, 9.17) is 9.47 Å². The van der Waals surface area contributed by atoms with E-state index in [0.717, 1.165) is 0 Å². The number of carbonyl (C=O) groups excluding carboxylic acids is 1.